The van der Waals surface area contributed by atoms with Gasteiger partial charge in [0.25, 0.3) is 0 Å². The molecule has 0 unspecified atom stereocenters. The summed E-state index contributed by atoms with van der Waals surface area (Å²) in [5.41, 5.74) is 12.5. The molecule has 0 radical (unpaired) electrons. The Kier molecular flexibility index (Phi) is 9.18. The summed E-state index contributed by atoms with van der Waals surface area (Å²) >= 11 is 3.81. The van der Waals surface area contributed by atoms with Crippen LogP contribution in [0.15, 0.2) is 255 Å². The summed E-state index contributed by atoms with van der Waals surface area (Å²) in [4.78, 5) is 0. The molecule has 0 aliphatic rings. The van der Waals surface area contributed by atoms with Crippen molar-refractivity contribution in [1.29, 1.82) is 0 Å². The molecular weight excluding hydrogens is 929 g/mol. The molecule has 16 aromatic rings. The van der Waals surface area contributed by atoms with Crippen molar-refractivity contribution in [3.63, 3.8) is 0 Å². The molecule has 16 rings (SSSR count). The Morgan fingerprint density at radius 3 is 0.824 bits per heavy atom. The highest BCUT2D eigenvalue weighted by Crippen LogP contribution is 2.52. The number of rotatable bonds is 5. The van der Waals surface area contributed by atoms with Crippen LogP contribution in [0, 0.1) is 0 Å². The molecule has 2 aromatic heterocycles. The minimum Gasteiger partial charge on any atom is -0.135 e. The van der Waals surface area contributed by atoms with Gasteiger partial charge < -0.3 is 0 Å². The van der Waals surface area contributed by atoms with E-state index in [2.05, 4.69) is 255 Å². The van der Waals surface area contributed by atoms with Crippen molar-refractivity contribution in [2.24, 2.45) is 0 Å². The van der Waals surface area contributed by atoms with Crippen molar-refractivity contribution in [2.75, 3.05) is 0 Å². The molecule has 2 heteroatoms. The van der Waals surface area contributed by atoms with Gasteiger partial charge in [-0.2, -0.15) is 0 Å². The number of fused-ring (bicyclic) bond motifs is 12. The SMILES string of the molecule is c1ccc2c(-c3cccc4c(-c5c6cccc(-c7cccc8c7sc7ccccc78)c6cc6c(-c7cccc8c7sc7ccccc78)cccc56)c5cccc(-c6cccc7ccccc67)c5cc34)cccc2c1. The van der Waals surface area contributed by atoms with Crippen LogP contribution in [0.1, 0.15) is 0 Å². The van der Waals surface area contributed by atoms with E-state index in [1.165, 1.54) is 161 Å². The predicted molar refractivity (Wildman–Crippen MR) is 324 cm³/mol. The molecule has 0 spiro atoms. The van der Waals surface area contributed by atoms with Crippen LogP contribution in [0.2, 0.25) is 0 Å². The molecule has 0 saturated heterocycles. The van der Waals surface area contributed by atoms with Gasteiger partial charge in [0.2, 0.25) is 0 Å². The minimum atomic E-state index is 1.23. The van der Waals surface area contributed by atoms with E-state index >= 15 is 0 Å². The highest BCUT2D eigenvalue weighted by Gasteiger charge is 2.24. The van der Waals surface area contributed by atoms with Gasteiger partial charge in [0, 0.05) is 51.5 Å². The number of hydrogen-bond donors (Lipinski definition) is 0. The fourth-order valence-electron chi connectivity index (χ4n) is 12.7. The molecule has 0 saturated carbocycles. The summed E-state index contributed by atoms with van der Waals surface area (Å²) in [5.74, 6) is 0. The van der Waals surface area contributed by atoms with Crippen molar-refractivity contribution in [1.82, 2.24) is 0 Å². The Labute approximate surface area is 435 Å². The van der Waals surface area contributed by atoms with Gasteiger partial charge in [-0.15, -0.1) is 22.7 Å². The molecule has 342 valence electrons. The quantitative estimate of drug-likeness (QED) is 0.151. The highest BCUT2D eigenvalue weighted by atomic mass is 32.1. The zero-order valence-corrected chi connectivity index (χ0v) is 41.7. The maximum atomic E-state index is 2.54. The third-order valence-electron chi connectivity index (χ3n) is 15.9. The fraction of sp³-hybridized carbons (Fsp3) is 0. The first-order valence-electron chi connectivity index (χ1n) is 25.5. The van der Waals surface area contributed by atoms with Crippen LogP contribution < -0.4 is 0 Å². The van der Waals surface area contributed by atoms with E-state index in [1.54, 1.807) is 0 Å². The van der Waals surface area contributed by atoms with Crippen LogP contribution in [-0.4, -0.2) is 0 Å². The highest BCUT2D eigenvalue weighted by molar-refractivity contribution is 7.26. The molecule has 0 aliphatic carbocycles. The van der Waals surface area contributed by atoms with Crippen LogP contribution in [0.3, 0.4) is 0 Å². The lowest BCUT2D eigenvalue weighted by atomic mass is 9.81. The van der Waals surface area contributed by atoms with E-state index < -0.39 is 0 Å². The summed E-state index contributed by atoms with van der Waals surface area (Å²) < 4.78 is 5.26. The van der Waals surface area contributed by atoms with Crippen molar-refractivity contribution >= 4 is 128 Å². The maximum absolute atomic E-state index is 2.54. The van der Waals surface area contributed by atoms with Gasteiger partial charge in [0.05, 0.1) is 0 Å². The molecule has 0 N–H and O–H groups in total. The summed E-state index contributed by atoms with van der Waals surface area (Å²) in [5, 5.41) is 20.1. The molecule has 0 amide bonds. The first-order chi connectivity index (χ1) is 36.7. The summed E-state index contributed by atoms with van der Waals surface area (Å²) in [6.45, 7) is 0. The zero-order chi connectivity index (χ0) is 48.4. The van der Waals surface area contributed by atoms with Crippen molar-refractivity contribution < 1.29 is 0 Å². The Balaban J connectivity index is 1.10. The van der Waals surface area contributed by atoms with Gasteiger partial charge >= 0.3 is 0 Å². The molecule has 74 heavy (non-hydrogen) atoms. The van der Waals surface area contributed by atoms with Crippen molar-refractivity contribution in [3.05, 3.63) is 255 Å². The number of thiophene rings is 2. The van der Waals surface area contributed by atoms with Crippen LogP contribution in [0.4, 0.5) is 0 Å². The van der Waals surface area contributed by atoms with E-state index in [0.29, 0.717) is 0 Å². The summed E-state index contributed by atoms with van der Waals surface area (Å²) in [6, 6.07) is 96.0. The lowest BCUT2D eigenvalue weighted by Crippen LogP contribution is -1.95. The molecule has 2 heterocycles. The van der Waals surface area contributed by atoms with Gasteiger partial charge in [-0.25, -0.2) is 0 Å². The van der Waals surface area contributed by atoms with Gasteiger partial charge in [-0.3, -0.25) is 0 Å². The molecule has 0 bridgehead atoms. The Bertz CT molecular complexity index is 4710. The molecule has 0 atom stereocenters. The summed E-state index contributed by atoms with van der Waals surface area (Å²) in [6.07, 6.45) is 0. The summed E-state index contributed by atoms with van der Waals surface area (Å²) in [7, 11) is 0. The average Bonchev–Trinajstić information content (AvgIpc) is 4.05. The largest absolute Gasteiger partial charge is 0.135 e. The normalized spacial score (nSPS) is 12.1. The van der Waals surface area contributed by atoms with E-state index in [1.807, 2.05) is 22.7 Å². The first-order valence-corrected chi connectivity index (χ1v) is 27.1. The Morgan fingerprint density at radius 2 is 0.432 bits per heavy atom. The van der Waals surface area contributed by atoms with E-state index in [0.717, 1.165) is 0 Å². The van der Waals surface area contributed by atoms with Crippen LogP contribution in [0.5, 0.6) is 0 Å². The lowest BCUT2D eigenvalue weighted by Gasteiger charge is -2.22. The van der Waals surface area contributed by atoms with Crippen LogP contribution in [-0.2, 0) is 0 Å². The van der Waals surface area contributed by atoms with Crippen LogP contribution in [0.25, 0.3) is 161 Å². The van der Waals surface area contributed by atoms with Gasteiger partial charge in [-0.05, 0) is 133 Å². The second kappa shape index (κ2) is 16.3. The van der Waals surface area contributed by atoms with Crippen molar-refractivity contribution in [3.8, 4) is 55.6 Å². The monoisotopic (exact) mass is 970 g/mol. The first kappa shape index (κ1) is 41.7. The van der Waals surface area contributed by atoms with Gasteiger partial charge in [0.1, 0.15) is 0 Å². The average molecular weight is 971 g/mol. The molecule has 14 aromatic carbocycles. The molecular formula is C72H42S2. The third kappa shape index (κ3) is 6.13. The number of benzene rings is 14. The Morgan fingerprint density at radius 1 is 0.176 bits per heavy atom. The second-order valence-corrected chi connectivity index (χ2v) is 21.8. The van der Waals surface area contributed by atoms with E-state index in [-0.39, 0.29) is 0 Å². The van der Waals surface area contributed by atoms with Crippen molar-refractivity contribution in [2.45, 2.75) is 0 Å². The van der Waals surface area contributed by atoms with Gasteiger partial charge in [-0.1, -0.05) is 231 Å². The molecule has 0 nitrogen and oxygen atoms in total. The van der Waals surface area contributed by atoms with E-state index in [4.69, 9.17) is 0 Å². The number of hydrogen-bond acceptors (Lipinski definition) is 2. The molecule has 0 aliphatic heterocycles. The van der Waals surface area contributed by atoms with Gasteiger partial charge in [0.15, 0.2) is 0 Å². The topological polar surface area (TPSA) is 0 Å². The standard InChI is InChI=1S/C72H42S2/c1-3-21-45-43(17-1)19-9-25-47(45)49-27-11-31-55-63(49)41-64-50(48-26-10-20-44-18-2-4-22-46(44)48)28-12-32-56(64)69(55)70-57-33-13-29-51(59-35-15-37-61-53-23-5-7-39-67(53)73-71(59)61)65(57)42-66-52(30-14-34-58(66)70)60-36-16-38-62-54-24-6-8-40-68(54)74-72(60)62/h1-42H. The third-order valence-corrected chi connectivity index (χ3v) is 18.3. The maximum Gasteiger partial charge on any atom is 0.0434 e. The molecule has 0 fully saturated rings. The van der Waals surface area contributed by atoms with E-state index in [9.17, 15) is 0 Å². The van der Waals surface area contributed by atoms with Crippen LogP contribution >= 0.6 is 22.7 Å². The Hall–Kier alpha value is -8.92. The smallest absolute Gasteiger partial charge is 0.0434 e. The minimum absolute atomic E-state index is 1.23. The lowest BCUT2D eigenvalue weighted by molar-refractivity contribution is 1.67. The fourth-order valence-corrected chi connectivity index (χ4v) is 15.1. The zero-order valence-electron chi connectivity index (χ0n) is 40.1. The second-order valence-electron chi connectivity index (χ2n) is 19.7. The predicted octanol–water partition coefficient (Wildman–Crippen LogP) is 21.7.